The number of halogens is 1. The van der Waals surface area contributed by atoms with Crippen molar-refractivity contribution in [2.45, 2.75) is 12.6 Å². The molecule has 2 aliphatic rings. The zero-order chi connectivity index (χ0) is 16.6. The summed E-state index contributed by atoms with van der Waals surface area (Å²) in [4.78, 5) is 35.7. The lowest BCUT2D eigenvalue weighted by atomic mass is 9.96. The average molecular weight is 316 g/mol. The zero-order valence-corrected chi connectivity index (χ0v) is 11.9. The number of hydrogen-bond donors (Lipinski definition) is 3. The van der Waals surface area contributed by atoms with Crippen LogP contribution in [0.2, 0.25) is 0 Å². The van der Waals surface area contributed by atoms with Gasteiger partial charge in [-0.3, -0.25) is 14.4 Å². The lowest BCUT2D eigenvalue weighted by molar-refractivity contribution is -0.118. The van der Waals surface area contributed by atoms with E-state index >= 15 is 0 Å². The van der Waals surface area contributed by atoms with Gasteiger partial charge in [0.25, 0.3) is 5.91 Å². The maximum Gasteiger partial charge on any atom is 0.254 e. The Hall–Kier alpha value is -2.80. The molecule has 0 fully saturated rings. The molecule has 1 aliphatic heterocycles. The maximum atomic E-state index is 12.9. The van der Waals surface area contributed by atoms with Gasteiger partial charge in [-0.05, 0) is 36.8 Å². The molecule has 0 aromatic heterocycles. The van der Waals surface area contributed by atoms with Gasteiger partial charge in [-0.25, -0.2) is 4.39 Å². The Kier molecular flexibility index (Phi) is 3.79. The largest absolute Gasteiger partial charge is 0.367 e. The van der Waals surface area contributed by atoms with Gasteiger partial charge in [-0.15, -0.1) is 0 Å². The summed E-state index contributed by atoms with van der Waals surface area (Å²) in [5.41, 5.74) is 0.512. The van der Waals surface area contributed by atoms with Gasteiger partial charge in [0, 0.05) is 11.3 Å². The molecule has 6 nitrogen and oxygen atoms in total. The lowest BCUT2D eigenvalue weighted by Crippen LogP contribution is -2.45. The highest BCUT2D eigenvalue weighted by atomic mass is 19.1. The van der Waals surface area contributed by atoms with Crippen molar-refractivity contribution in [3.63, 3.8) is 0 Å². The van der Waals surface area contributed by atoms with Gasteiger partial charge in [0.1, 0.15) is 5.83 Å². The topological polar surface area (TPSA) is 95.5 Å². The minimum Gasteiger partial charge on any atom is -0.367 e. The van der Waals surface area contributed by atoms with E-state index in [-0.39, 0.29) is 29.3 Å². The van der Waals surface area contributed by atoms with Crippen LogP contribution < -0.4 is 10.6 Å². The number of fused-ring (bicyclic) bond motifs is 1. The van der Waals surface area contributed by atoms with Crippen LogP contribution in [0.4, 0.5) is 10.1 Å². The molecule has 1 aliphatic carbocycles. The Balaban J connectivity index is 1.80. The van der Waals surface area contributed by atoms with Crippen LogP contribution in [-0.4, -0.2) is 28.9 Å². The van der Waals surface area contributed by atoms with Gasteiger partial charge in [-0.2, -0.15) is 0 Å². The van der Waals surface area contributed by atoms with Crippen molar-refractivity contribution in [3.8, 4) is 0 Å². The van der Waals surface area contributed by atoms with Crippen LogP contribution in [-0.2, 0) is 4.79 Å². The van der Waals surface area contributed by atoms with E-state index in [1.54, 1.807) is 0 Å². The first-order chi connectivity index (χ1) is 11.0. The summed E-state index contributed by atoms with van der Waals surface area (Å²) in [6, 6.07) is 4.24. The quantitative estimate of drug-likeness (QED) is 0.766. The van der Waals surface area contributed by atoms with Crippen LogP contribution in [0, 0.1) is 5.92 Å². The van der Waals surface area contributed by atoms with Gasteiger partial charge >= 0.3 is 0 Å². The van der Waals surface area contributed by atoms with Crippen molar-refractivity contribution in [2.75, 3.05) is 5.32 Å². The van der Waals surface area contributed by atoms with E-state index in [4.69, 9.17) is 0 Å². The molecule has 7 heteroatoms. The molecule has 2 amide bonds. The number of Topliss-reactive ketones (excluding diaryl/α,β-unsaturated/α-hetero) is 1. The molecular formula is C16H13FN2O4. The van der Waals surface area contributed by atoms with Crippen molar-refractivity contribution in [1.29, 1.82) is 0 Å². The number of ketones is 1. The fourth-order valence-corrected chi connectivity index (χ4v) is 2.46. The van der Waals surface area contributed by atoms with E-state index in [2.05, 4.69) is 10.6 Å². The molecule has 0 bridgehead atoms. The Bertz CT molecular complexity index is 769. The molecule has 23 heavy (non-hydrogen) atoms. The minimum absolute atomic E-state index is 0.0455. The first kappa shape index (κ1) is 15.1. The van der Waals surface area contributed by atoms with Crippen LogP contribution in [0.15, 0.2) is 42.3 Å². The normalized spacial score (nSPS) is 23.0. The molecule has 1 aromatic rings. The van der Waals surface area contributed by atoms with E-state index in [9.17, 15) is 23.9 Å². The number of hydrogen-bond acceptors (Lipinski definition) is 4. The monoisotopic (exact) mass is 316 g/mol. The summed E-state index contributed by atoms with van der Waals surface area (Å²) in [7, 11) is 0. The first-order valence-electron chi connectivity index (χ1n) is 6.97. The number of aliphatic hydroxyl groups excluding tert-OH is 1. The summed E-state index contributed by atoms with van der Waals surface area (Å²) in [5.74, 6) is -2.43. The lowest BCUT2D eigenvalue weighted by Gasteiger charge is -2.21. The Morgan fingerprint density at radius 1 is 1.30 bits per heavy atom. The van der Waals surface area contributed by atoms with E-state index in [0.29, 0.717) is 5.69 Å². The molecule has 0 saturated heterocycles. The predicted molar refractivity (Wildman–Crippen MR) is 79.3 cm³/mol. The second-order valence-corrected chi connectivity index (χ2v) is 5.28. The van der Waals surface area contributed by atoms with Crippen molar-refractivity contribution in [1.82, 2.24) is 5.32 Å². The van der Waals surface area contributed by atoms with Crippen LogP contribution in [0.25, 0.3) is 0 Å². The molecule has 3 rings (SSSR count). The molecule has 2 unspecified atom stereocenters. The highest BCUT2D eigenvalue weighted by Crippen LogP contribution is 2.23. The Labute approximate surface area is 130 Å². The van der Waals surface area contributed by atoms with Crippen molar-refractivity contribution in [3.05, 3.63) is 53.4 Å². The highest BCUT2D eigenvalue weighted by Gasteiger charge is 2.30. The fraction of sp³-hybridized carbons (Fsp3) is 0.188. The number of carbonyl (C=O) groups excluding carboxylic acids is 3. The standard InChI is InChI=1S/C16H13FN2O4/c17-9-3-1-8(2-4-9)14(21)18-10-5-6-11-12(7-10)13(20)16(23)19-15(11)22/h1,3-8,16,23H,2H2,(H,18,21)(H,19,22). The first-order valence-corrected chi connectivity index (χ1v) is 6.97. The number of benzene rings is 1. The highest BCUT2D eigenvalue weighted by molar-refractivity contribution is 6.15. The molecule has 1 heterocycles. The smallest absolute Gasteiger partial charge is 0.254 e. The van der Waals surface area contributed by atoms with E-state index in [1.165, 1.54) is 36.4 Å². The number of carbonyl (C=O) groups is 3. The summed E-state index contributed by atoms with van der Waals surface area (Å²) in [5, 5.41) is 14.2. The van der Waals surface area contributed by atoms with Crippen LogP contribution in [0.1, 0.15) is 27.1 Å². The summed E-state index contributed by atoms with van der Waals surface area (Å²) >= 11 is 0. The summed E-state index contributed by atoms with van der Waals surface area (Å²) in [6.45, 7) is 0. The van der Waals surface area contributed by atoms with Gasteiger partial charge in [0.2, 0.25) is 11.7 Å². The Morgan fingerprint density at radius 3 is 2.78 bits per heavy atom. The second-order valence-electron chi connectivity index (χ2n) is 5.28. The van der Waals surface area contributed by atoms with Crippen LogP contribution in [0.5, 0.6) is 0 Å². The molecule has 2 atom stereocenters. The molecule has 1 aromatic carbocycles. The summed E-state index contributed by atoms with van der Waals surface area (Å²) < 4.78 is 12.9. The third-order valence-electron chi connectivity index (χ3n) is 3.70. The average Bonchev–Trinajstić information content (AvgIpc) is 2.53. The number of aliphatic hydroxyl groups is 1. The van der Waals surface area contributed by atoms with E-state index in [1.807, 2.05) is 0 Å². The van der Waals surface area contributed by atoms with Crippen molar-refractivity contribution < 1.29 is 23.9 Å². The second kappa shape index (κ2) is 5.77. The number of nitrogens with one attached hydrogen (secondary N) is 2. The van der Waals surface area contributed by atoms with E-state index < -0.39 is 23.8 Å². The number of rotatable bonds is 2. The maximum absolute atomic E-state index is 12.9. The minimum atomic E-state index is -1.59. The Morgan fingerprint density at radius 2 is 2.09 bits per heavy atom. The van der Waals surface area contributed by atoms with Gasteiger partial charge < -0.3 is 15.7 Å². The van der Waals surface area contributed by atoms with Crippen molar-refractivity contribution >= 4 is 23.3 Å². The molecule has 0 saturated carbocycles. The predicted octanol–water partition coefficient (Wildman–Crippen LogP) is 1.30. The van der Waals surface area contributed by atoms with E-state index in [0.717, 1.165) is 0 Å². The third kappa shape index (κ3) is 2.91. The zero-order valence-electron chi connectivity index (χ0n) is 11.9. The van der Waals surface area contributed by atoms with Gasteiger partial charge in [0.05, 0.1) is 11.5 Å². The molecular weight excluding hydrogens is 303 g/mol. The molecule has 0 spiro atoms. The molecule has 118 valence electrons. The third-order valence-corrected chi connectivity index (χ3v) is 3.70. The summed E-state index contributed by atoms with van der Waals surface area (Å²) in [6.07, 6.45) is 2.67. The number of anilines is 1. The van der Waals surface area contributed by atoms with Crippen molar-refractivity contribution in [2.24, 2.45) is 5.92 Å². The fourth-order valence-electron chi connectivity index (χ4n) is 2.46. The number of amides is 2. The SMILES string of the molecule is O=C1NC(O)C(=O)c2cc(NC(=O)C3C=CC(F)=CC3)ccc21. The van der Waals surface area contributed by atoms with Gasteiger partial charge in [0.15, 0.2) is 6.23 Å². The molecule has 0 radical (unpaired) electrons. The number of allylic oxidation sites excluding steroid dienone is 3. The van der Waals surface area contributed by atoms with Crippen LogP contribution in [0.3, 0.4) is 0 Å². The molecule has 3 N–H and O–H groups in total. The van der Waals surface area contributed by atoms with Gasteiger partial charge in [-0.1, -0.05) is 6.08 Å². The van der Waals surface area contributed by atoms with Crippen LogP contribution >= 0.6 is 0 Å².